The average molecular weight is 195 g/mol. The van der Waals surface area contributed by atoms with Gasteiger partial charge in [0.25, 0.3) is 0 Å². The van der Waals surface area contributed by atoms with Gasteiger partial charge in [-0.3, -0.25) is 0 Å². The predicted molar refractivity (Wildman–Crippen MR) is 55.7 cm³/mol. The molecular weight excluding hydrogens is 177 g/mol. The maximum atomic E-state index is 8.36. The van der Waals surface area contributed by atoms with Crippen LogP contribution in [-0.4, -0.2) is 20.3 Å². The molecule has 0 atom stereocenters. The van der Waals surface area contributed by atoms with E-state index in [4.69, 9.17) is 14.6 Å². The van der Waals surface area contributed by atoms with Crippen molar-refractivity contribution < 1.29 is 9.31 Å². The van der Waals surface area contributed by atoms with Crippen molar-refractivity contribution in [1.82, 2.24) is 0 Å². The maximum absolute atomic E-state index is 8.36. The van der Waals surface area contributed by atoms with Crippen LogP contribution in [0.1, 0.15) is 33.1 Å². The van der Waals surface area contributed by atoms with Crippen LogP contribution in [0.2, 0.25) is 6.32 Å². The van der Waals surface area contributed by atoms with Crippen LogP contribution in [0.3, 0.4) is 0 Å². The first kappa shape index (κ1) is 11.5. The van der Waals surface area contributed by atoms with E-state index in [1.807, 2.05) is 0 Å². The highest BCUT2D eigenvalue weighted by Gasteiger charge is 2.31. The molecule has 0 N–H and O–H groups in total. The Morgan fingerprint density at radius 2 is 1.93 bits per heavy atom. The second-order valence-electron chi connectivity index (χ2n) is 4.62. The Morgan fingerprint density at radius 3 is 2.50 bits per heavy atom. The van der Waals surface area contributed by atoms with Crippen molar-refractivity contribution in [3.63, 3.8) is 0 Å². The highest BCUT2D eigenvalue weighted by atomic mass is 16.6. The quantitative estimate of drug-likeness (QED) is 0.510. The molecule has 0 aromatic heterocycles. The van der Waals surface area contributed by atoms with Gasteiger partial charge < -0.3 is 9.31 Å². The van der Waals surface area contributed by atoms with Gasteiger partial charge in [0.15, 0.2) is 0 Å². The molecule has 1 saturated heterocycles. The van der Waals surface area contributed by atoms with E-state index in [1.54, 1.807) is 0 Å². The molecule has 1 aliphatic heterocycles. The van der Waals surface area contributed by atoms with Gasteiger partial charge in [0.2, 0.25) is 0 Å². The zero-order valence-electron chi connectivity index (χ0n) is 9.08. The van der Waals surface area contributed by atoms with Gasteiger partial charge in [-0.05, 0) is 12.7 Å². The predicted octanol–water partition coefficient (Wildman–Crippen LogP) is 2.24. The number of nitrogens with zero attached hydrogens (tertiary/aromatic N) is 1. The number of hydrogen-bond donors (Lipinski definition) is 0. The molecular formula is C10H18BNO2. The van der Waals surface area contributed by atoms with Crippen molar-refractivity contribution in [1.29, 1.82) is 5.26 Å². The molecule has 0 aromatic carbocycles. The third-order valence-corrected chi connectivity index (χ3v) is 2.30. The van der Waals surface area contributed by atoms with Crippen molar-refractivity contribution in [3.05, 3.63) is 0 Å². The molecule has 1 heterocycles. The Hall–Kier alpha value is -0.525. The molecule has 1 aliphatic rings. The van der Waals surface area contributed by atoms with Crippen molar-refractivity contribution in [2.45, 2.75) is 39.4 Å². The molecule has 78 valence electrons. The van der Waals surface area contributed by atoms with Crippen LogP contribution in [0.4, 0.5) is 0 Å². The summed E-state index contributed by atoms with van der Waals surface area (Å²) in [6.45, 7) is 5.82. The molecule has 14 heavy (non-hydrogen) atoms. The summed E-state index contributed by atoms with van der Waals surface area (Å²) in [5.74, 6) is 0. The van der Waals surface area contributed by atoms with Crippen LogP contribution in [0, 0.1) is 16.7 Å². The summed E-state index contributed by atoms with van der Waals surface area (Å²) in [7, 11) is -0.0401. The van der Waals surface area contributed by atoms with Crippen molar-refractivity contribution in [2.75, 3.05) is 13.2 Å². The van der Waals surface area contributed by atoms with Crippen LogP contribution >= 0.6 is 0 Å². The van der Waals surface area contributed by atoms with Gasteiger partial charge in [-0.2, -0.15) is 5.26 Å². The standard InChI is InChI=1S/C10H18BNO2/c1-10(2)8-13-11(14-9-10)6-4-3-5-7-12/h3-6,8-9H2,1-2H3. The summed E-state index contributed by atoms with van der Waals surface area (Å²) in [6.07, 6.45) is 3.51. The van der Waals surface area contributed by atoms with E-state index in [0.29, 0.717) is 6.42 Å². The largest absolute Gasteiger partial charge is 0.456 e. The third-order valence-electron chi connectivity index (χ3n) is 2.30. The fraction of sp³-hybridized carbons (Fsp3) is 0.900. The molecule has 0 spiro atoms. The summed E-state index contributed by atoms with van der Waals surface area (Å²) < 4.78 is 11.1. The molecule has 0 bridgehead atoms. The SMILES string of the molecule is CC1(C)COB(CCCCC#N)OC1. The molecule has 0 aromatic rings. The fourth-order valence-corrected chi connectivity index (χ4v) is 1.41. The van der Waals surface area contributed by atoms with Gasteiger partial charge in [0.05, 0.1) is 6.07 Å². The number of nitriles is 1. The minimum atomic E-state index is -0.0401. The van der Waals surface area contributed by atoms with E-state index in [9.17, 15) is 0 Å². The number of rotatable bonds is 4. The molecule has 0 saturated carbocycles. The molecule has 0 unspecified atom stereocenters. The Balaban J connectivity index is 2.08. The van der Waals surface area contributed by atoms with E-state index in [-0.39, 0.29) is 12.5 Å². The second kappa shape index (κ2) is 5.38. The Kier molecular flexibility index (Phi) is 4.44. The summed E-state index contributed by atoms with van der Waals surface area (Å²) in [5.41, 5.74) is 0.156. The van der Waals surface area contributed by atoms with Crippen LogP contribution in [0.25, 0.3) is 0 Å². The van der Waals surface area contributed by atoms with Gasteiger partial charge in [-0.25, -0.2) is 0 Å². The van der Waals surface area contributed by atoms with Gasteiger partial charge in [-0.15, -0.1) is 0 Å². The maximum Gasteiger partial charge on any atom is 0.456 e. The molecule has 1 fully saturated rings. The zero-order valence-corrected chi connectivity index (χ0v) is 9.08. The van der Waals surface area contributed by atoms with E-state index in [1.165, 1.54) is 0 Å². The summed E-state index contributed by atoms with van der Waals surface area (Å²) in [4.78, 5) is 0. The van der Waals surface area contributed by atoms with E-state index < -0.39 is 0 Å². The van der Waals surface area contributed by atoms with Crippen molar-refractivity contribution in [3.8, 4) is 6.07 Å². The first-order valence-corrected chi connectivity index (χ1v) is 5.24. The zero-order chi connectivity index (χ0) is 10.4. The van der Waals surface area contributed by atoms with Gasteiger partial charge in [-0.1, -0.05) is 20.3 Å². The smallest absolute Gasteiger partial charge is 0.410 e. The molecule has 3 nitrogen and oxygen atoms in total. The Bertz CT molecular complexity index is 203. The van der Waals surface area contributed by atoms with Gasteiger partial charge in [0.1, 0.15) is 0 Å². The number of hydrogen-bond acceptors (Lipinski definition) is 3. The lowest BCUT2D eigenvalue weighted by atomic mass is 9.78. The summed E-state index contributed by atoms with van der Waals surface area (Å²) >= 11 is 0. The lowest BCUT2D eigenvalue weighted by Crippen LogP contribution is -2.40. The Morgan fingerprint density at radius 1 is 1.29 bits per heavy atom. The highest BCUT2D eigenvalue weighted by Crippen LogP contribution is 2.23. The lowest BCUT2D eigenvalue weighted by molar-refractivity contribution is 0.0280. The van der Waals surface area contributed by atoms with Crippen LogP contribution < -0.4 is 0 Å². The topological polar surface area (TPSA) is 42.2 Å². The molecule has 0 amide bonds. The van der Waals surface area contributed by atoms with Crippen molar-refractivity contribution >= 4 is 7.12 Å². The Labute approximate surface area is 86.5 Å². The monoisotopic (exact) mass is 195 g/mol. The first-order valence-electron chi connectivity index (χ1n) is 5.24. The summed E-state index contributed by atoms with van der Waals surface area (Å²) in [6, 6.07) is 2.14. The molecule has 1 rings (SSSR count). The summed E-state index contributed by atoms with van der Waals surface area (Å²) in [5, 5.41) is 8.36. The average Bonchev–Trinajstić information content (AvgIpc) is 2.15. The van der Waals surface area contributed by atoms with Crippen LogP contribution in [0.5, 0.6) is 0 Å². The lowest BCUT2D eigenvalue weighted by Gasteiger charge is -2.33. The van der Waals surface area contributed by atoms with Crippen molar-refractivity contribution in [2.24, 2.45) is 5.41 Å². The molecule has 4 heteroatoms. The minimum Gasteiger partial charge on any atom is -0.410 e. The second-order valence-corrected chi connectivity index (χ2v) is 4.62. The molecule has 0 aliphatic carbocycles. The van der Waals surface area contributed by atoms with Gasteiger partial charge in [0, 0.05) is 25.0 Å². The third kappa shape index (κ3) is 4.12. The fourth-order valence-electron chi connectivity index (χ4n) is 1.41. The van der Waals surface area contributed by atoms with E-state index in [0.717, 1.165) is 32.4 Å². The molecule has 0 radical (unpaired) electrons. The van der Waals surface area contributed by atoms with E-state index >= 15 is 0 Å². The van der Waals surface area contributed by atoms with E-state index in [2.05, 4.69) is 19.9 Å². The normalized spacial score (nSPS) is 20.5. The van der Waals surface area contributed by atoms with Crippen LogP contribution in [0.15, 0.2) is 0 Å². The first-order chi connectivity index (χ1) is 6.64. The number of unbranched alkanes of at least 4 members (excludes halogenated alkanes) is 2. The highest BCUT2D eigenvalue weighted by molar-refractivity contribution is 6.44. The van der Waals surface area contributed by atoms with Crippen LogP contribution in [-0.2, 0) is 9.31 Å². The van der Waals surface area contributed by atoms with Gasteiger partial charge >= 0.3 is 7.12 Å². The minimum absolute atomic E-state index is 0.0401.